The Kier molecular flexibility index (Phi) is 4.29. The van der Waals surface area contributed by atoms with Crippen molar-refractivity contribution in [1.82, 2.24) is 0 Å². The summed E-state index contributed by atoms with van der Waals surface area (Å²) in [6.45, 7) is 1.75. The van der Waals surface area contributed by atoms with E-state index in [1.54, 1.807) is 37.3 Å². The third-order valence-corrected chi connectivity index (χ3v) is 4.22. The third kappa shape index (κ3) is 3.13. The zero-order valence-corrected chi connectivity index (χ0v) is 14.7. The molecule has 0 saturated carbocycles. The van der Waals surface area contributed by atoms with Gasteiger partial charge in [0.1, 0.15) is 18.1 Å². The fourth-order valence-corrected chi connectivity index (χ4v) is 2.90. The monoisotopic (exact) mass is 368 g/mol. The van der Waals surface area contributed by atoms with Crippen LogP contribution in [0.5, 0.6) is 23.0 Å². The molecule has 27 heavy (non-hydrogen) atoms. The summed E-state index contributed by atoms with van der Waals surface area (Å²) < 4.78 is 26.4. The van der Waals surface area contributed by atoms with Crippen LogP contribution in [0.3, 0.4) is 0 Å². The van der Waals surface area contributed by atoms with E-state index in [4.69, 9.17) is 23.7 Å². The van der Waals surface area contributed by atoms with E-state index in [0.717, 1.165) is 5.56 Å². The number of esters is 1. The van der Waals surface area contributed by atoms with Gasteiger partial charge in [0.05, 0.1) is 5.56 Å². The number of benzene rings is 2. The molecule has 0 unspecified atom stereocenters. The Labute approximate surface area is 155 Å². The van der Waals surface area contributed by atoms with Gasteiger partial charge < -0.3 is 23.7 Å². The van der Waals surface area contributed by atoms with Crippen molar-refractivity contribution in [3.05, 3.63) is 52.8 Å². The molecular weight excluding hydrogens is 352 g/mol. The van der Waals surface area contributed by atoms with E-state index in [0.29, 0.717) is 34.1 Å². The lowest BCUT2D eigenvalue weighted by molar-refractivity contribution is -0.138. The summed E-state index contributed by atoms with van der Waals surface area (Å²) in [4.78, 5) is 24.3. The molecule has 2 aromatic rings. The molecule has 0 saturated heterocycles. The van der Waals surface area contributed by atoms with E-state index < -0.39 is 5.97 Å². The molecular formula is C20H16O7. The molecule has 0 atom stereocenters. The quantitative estimate of drug-likeness (QED) is 0.466. The average molecular weight is 368 g/mol. The molecule has 0 radical (unpaired) electrons. The van der Waals surface area contributed by atoms with Gasteiger partial charge in [-0.05, 0) is 42.8 Å². The zero-order chi connectivity index (χ0) is 19.0. The normalized spacial score (nSPS) is 15.6. The van der Waals surface area contributed by atoms with E-state index in [1.165, 1.54) is 7.11 Å². The van der Waals surface area contributed by atoms with Crippen LogP contribution in [0.15, 0.2) is 36.1 Å². The number of methoxy groups -OCH3 is 1. The molecule has 2 heterocycles. The summed E-state index contributed by atoms with van der Waals surface area (Å²) in [5.41, 5.74) is 1.74. The van der Waals surface area contributed by atoms with Crippen molar-refractivity contribution >= 4 is 17.8 Å². The highest BCUT2D eigenvalue weighted by molar-refractivity contribution is 6.15. The molecule has 0 spiro atoms. The van der Waals surface area contributed by atoms with Gasteiger partial charge in [-0.1, -0.05) is 6.07 Å². The second kappa shape index (κ2) is 6.77. The number of rotatable bonds is 4. The summed E-state index contributed by atoms with van der Waals surface area (Å²) >= 11 is 0. The van der Waals surface area contributed by atoms with Crippen molar-refractivity contribution in [2.24, 2.45) is 0 Å². The fraction of sp³-hybridized carbons (Fsp3) is 0.200. The van der Waals surface area contributed by atoms with Gasteiger partial charge in [0.2, 0.25) is 12.6 Å². The molecule has 7 heteroatoms. The molecule has 2 aromatic carbocycles. The fourth-order valence-electron chi connectivity index (χ4n) is 2.90. The standard InChI is InChI=1S/C20H16O7/c1-11-14(26-18(21)9-23-2)6-4-13-19(22)17(27-20(11)13)8-12-3-5-15-16(7-12)25-10-24-15/h3-8H,9-10H2,1-2H3/b17-8-. The predicted octanol–water partition coefficient (Wildman–Crippen LogP) is 2.89. The van der Waals surface area contributed by atoms with Gasteiger partial charge in [0.15, 0.2) is 17.3 Å². The summed E-state index contributed by atoms with van der Waals surface area (Å²) in [5, 5.41) is 0. The summed E-state index contributed by atoms with van der Waals surface area (Å²) in [6, 6.07) is 8.53. The van der Waals surface area contributed by atoms with Crippen molar-refractivity contribution in [1.29, 1.82) is 0 Å². The first-order valence-corrected chi connectivity index (χ1v) is 8.24. The number of Topliss-reactive ketones (excluding diaryl/α,β-unsaturated/α-hetero) is 1. The molecule has 7 nitrogen and oxygen atoms in total. The van der Waals surface area contributed by atoms with Crippen molar-refractivity contribution in [2.45, 2.75) is 6.92 Å². The predicted molar refractivity (Wildman–Crippen MR) is 94.2 cm³/mol. The first-order valence-electron chi connectivity index (χ1n) is 8.24. The van der Waals surface area contributed by atoms with Crippen molar-refractivity contribution in [3.63, 3.8) is 0 Å². The maximum atomic E-state index is 12.6. The molecule has 0 amide bonds. The van der Waals surface area contributed by atoms with Crippen LogP contribution in [0.4, 0.5) is 0 Å². The first kappa shape index (κ1) is 17.1. The Morgan fingerprint density at radius 3 is 2.81 bits per heavy atom. The van der Waals surface area contributed by atoms with Crippen LogP contribution in [-0.4, -0.2) is 32.3 Å². The average Bonchev–Trinajstić information content (AvgIpc) is 3.23. The Morgan fingerprint density at radius 2 is 2.00 bits per heavy atom. The van der Waals surface area contributed by atoms with E-state index in [9.17, 15) is 9.59 Å². The van der Waals surface area contributed by atoms with E-state index in [1.807, 2.05) is 6.07 Å². The molecule has 0 bridgehead atoms. The SMILES string of the molecule is COCC(=O)Oc1ccc2c(c1C)O/C(=C\c1ccc3c(c1)OCO3)C2=O. The summed E-state index contributed by atoms with van der Waals surface area (Å²) in [5.74, 6) is 1.42. The lowest BCUT2D eigenvalue weighted by Crippen LogP contribution is -2.14. The van der Waals surface area contributed by atoms with Crippen LogP contribution < -0.4 is 18.9 Å². The van der Waals surface area contributed by atoms with Gasteiger partial charge >= 0.3 is 5.97 Å². The molecule has 2 aliphatic heterocycles. The largest absolute Gasteiger partial charge is 0.454 e. The first-order chi connectivity index (χ1) is 13.1. The van der Waals surface area contributed by atoms with Crippen molar-refractivity contribution in [2.75, 3.05) is 20.5 Å². The Morgan fingerprint density at radius 1 is 1.19 bits per heavy atom. The van der Waals surface area contributed by atoms with Crippen LogP contribution >= 0.6 is 0 Å². The van der Waals surface area contributed by atoms with Gasteiger partial charge in [0.25, 0.3) is 0 Å². The molecule has 0 fully saturated rings. The topological polar surface area (TPSA) is 80.3 Å². The molecule has 2 aliphatic rings. The number of ketones is 1. The lowest BCUT2D eigenvalue weighted by atomic mass is 10.1. The van der Waals surface area contributed by atoms with E-state index in [2.05, 4.69) is 0 Å². The zero-order valence-electron chi connectivity index (χ0n) is 14.7. The smallest absolute Gasteiger partial charge is 0.337 e. The Bertz CT molecular complexity index is 975. The van der Waals surface area contributed by atoms with Gasteiger partial charge in [0, 0.05) is 12.7 Å². The second-order valence-corrected chi connectivity index (χ2v) is 6.02. The molecule has 0 N–H and O–H groups in total. The number of carbonyl (C=O) groups excluding carboxylic acids is 2. The molecule has 0 aliphatic carbocycles. The minimum Gasteiger partial charge on any atom is -0.454 e. The number of carbonyl (C=O) groups is 2. The lowest BCUT2D eigenvalue weighted by Gasteiger charge is -2.09. The van der Waals surface area contributed by atoms with Crippen LogP contribution in [0.2, 0.25) is 0 Å². The van der Waals surface area contributed by atoms with Crippen LogP contribution in [-0.2, 0) is 9.53 Å². The highest BCUT2D eigenvalue weighted by atomic mass is 16.7. The van der Waals surface area contributed by atoms with Crippen molar-refractivity contribution in [3.8, 4) is 23.0 Å². The number of hydrogen-bond acceptors (Lipinski definition) is 7. The Hall–Kier alpha value is -3.32. The maximum Gasteiger partial charge on any atom is 0.337 e. The number of allylic oxidation sites excluding steroid dienone is 1. The summed E-state index contributed by atoms with van der Waals surface area (Å²) in [7, 11) is 1.41. The highest BCUT2D eigenvalue weighted by Crippen LogP contribution is 2.40. The van der Waals surface area contributed by atoms with Crippen molar-refractivity contribution < 1.29 is 33.3 Å². The van der Waals surface area contributed by atoms with Gasteiger partial charge in [-0.25, -0.2) is 4.79 Å². The summed E-state index contributed by atoms with van der Waals surface area (Å²) in [6.07, 6.45) is 1.64. The van der Waals surface area contributed by atoms with E-state index in [-0.39, 0.29) is 24.9 Å². The Balaban J connectivity index is 1.62. The number of fused-ring (bicyclic) bond motifs is 2. The van der Waals surface area contributed by atoms with Crippen LogP contribution in [0, 0.1) is 6.92 Å². The minimum atomic E-state index is -0.527. The van der Waals surface area contributed by atoms with Gasteiger partial charge in [-0.3, -0.25) is 4.79 Å². The number of ether oxygens (including phenoxy) is 5. The molecule has 4 rings (SSSR count). The molecule has 0 aromatic heterocycles. The second-order valence-electron chi connectivity index (χ2n) is 6.02. The minimum absolute atomic E-state index is 0.161. The maximum absolute atomic E-state index is 12.6. The van der Waals surface area contributed by atoms with Crippen LogP contribution in [0.25, 0.3) is 6.08 Å². The molecule has 138 valence electrons. The van der Waals surface area contributed by atoms with Gasteiger partial charge in [-0.2, -0.15) is 0 Å². The highest BCUT2D eigenvalue weighted by Gasteiger charge is 2.30. The van der Waals surface area contributed by atoms with E-state index >= 15 is 0 Å². The van der Waals surface area contributed by atoms with Crippen LogP contribution in [0.1, 0.15) is 21.5 Å². The van der Waals surface area contributed by atoms with Gasteiger partial charge in [-0.15, -0.1) is 0 Å². The third-order valence-electron chi connectivity index (χ3n) is 4.22. The number of hydrogen-bond donors (Lipinski definition) is 0.